The second kappa shape index (κ2) is 5.87. The van der Waals surface area contributed by atoms with Gasteiger partial charge in [0.15, 0.2) is 17.4 Å². The fourth-order valence-electron chi connectivity index (χ4n) is 3.33. The largest absolute Gasteiger partial charge is 0.484 e. The summed E-state index contributed by atoms with van der Waals surface area (Å²) in [5.74, 6) is -1.37. The third-order valence-corrected chi connectivity index (χ3v) is 4.15. The van der Waals surface area contributed by atoms with Crippen molar-refractivity contribution in [2.24, 2.45) is 17.1 Å². The van der Waals surface area contributed by atoms with Crippen molar-refractivity contribution >= 4 is 17.2 Å². The molecule has 0 aliphatic heterocycles. The number of hydrogen-bond donors (Lipinski definition) is 1. The molecule has 0 heterocycles. The Bertz CT molecular complexity index is 536. The average Bonchev–Trinajstić information content (AvgIpc) is 2.30. The molecule has 2 unspecified atom stereocenters. The predicted octanol–water partition coefficient (Wildman–Crippen LogP) is 4.19. The molecule has 21 heavy (non-hydrogen) atoms. The van der Waals surface area contributed by atoms with Gasteiger partial charge >= 0.3 is 0 Å². The van der Waals surface area contributed by atoms with Gasteiger partial charge in [-0.15, -0.1) is 0 Å². The Hall–Kier alpha value is -1.23. The van der Waals surface area contributed by atoms with Gasteiger partial charge in [0.05, 0.1) is 6.10 Å². The molecule has 1 aromatic rings. The van der Waals surface area contributed by atoms with Crippen molar-refractivity contribution in [1.29, 1.82) is 0 Å². The first-order chi connectivity index (χ1) is 9.68. The van der Waals surface area contributed by atoms with Gasteiger partial charge in [-0.1, -0.05) is 33.0 Å². The van der Waals surface area contributed by atoms with Crippen LogP contribution in [0.25, 0.3) is 0 Å². The van der Waals surface area contributed by atoms with Crippen LogP contribution in [0, 0.1) is 23.0 Å². The maximum Gasteiger partial charge on any atom is 0.191 e. The molecule has 0 amide bonds. The van der Waals surface area contributed by atoms with Crippen LogP contribution >= 0.6 is 12.2 Å². The highest BCUT2D eigenvalue weighted by molar-refractivity contribution is 7.80. The fraction of sp³-hybridized carbons (Fsp3) is 0.562. The van der Waals surface area contributed by atoms with E-state index < -0.39 is 11.6 Å². The van der Waals surface area contributed by atoms with Gasteiger partial charge in [0.25, 0.3) is 0 Å². The molecule has 1 saturated carbocycles. The number of nitrogens with two attached hydrogens (primary N) is 1. The summed E-state index contributed by atoms with van der Waals surface area (Å²) in [6, 6.07) is 2.25. The highest BCUT2D eigenvalue weighted by Crippen LogP contribution is 2.40. The Morgan fingerprint density at radius 2 is 1.86 bits per heavy atom. The lowest BCUT2D eigenvalue weighted by Gasteiger charge is -2.38. The van der Waals surface area contributed by atoms with Gasteiger partial charge in [0, 0.05) is 5.56 Å². The van der Waals surface area contributed by atoms with Crippen molar-refractivity contribution < 1.29 is 13.5 Å². The molecule has 2 nitrogen and oxygen atoms in total. The number of rotatable bonds is 3. The topological polar surface area (TPSA) is 35.2 Å². The highest BCUT2D eigenvalue weighted by Gasteiger charge is 2.34. The van der Waals surface area contributed by atoms with Crippen molar-refractivity contribution in [2.45, 2.75) is 46.1 Å². The lowest BCUT2D eigenvalue weighted by Crippen LogP contribution is -2.34. The zero-order valence-corrected chi connectivity index (χ0v) is 13.4. The van der Waals surface area contributed by atoms with E-state index in [1.165, 1.54) is 0 Å². The van der Waals surface area contributed by atoms with Gasteiger partial charge in [-0.05, 0) is 42.7 Å². The first kappa shape index (κ1) is 16.1. The molecule has 2 rings (SSSR count). The molecule has 2 atom stereocenters. The molecule has 0 aromatic heterocycles. The molecule has 2 N–H and O–H groups in total. The smallest absolute Gasteiger partial charge is 0.191 e. The van der Waals surface area contributed by atoms with E-state index in [1.807, 2.05) is 0 Å². The predicted molar refractivity (Wildman–Crippen MR) is 83.5 cm³/mol. The van der Waals surface area contributed by atoms with Crippen LogP contribution in [-0.4, -0.2) is 11.1 Å². The van der Waals surface area contributed by atoms with Gasteiger partial charge < -0.3 is 10.5 Å². The van der Waals surface area contributed by atoms with E-state index in [-0.39, 0.29) is 27.8 Å². The highest BCUT2D eigenvalue weighted by atomic mass is 32.1. The van der Waals surface area contributed by atoms with Crippen molar-refractivity contribution in [3.05, 3.63) is 29.3 Å². The first-order valence-corrected chi connectivity index (χ1v) is 7.54. The van der Waals surface area contributed by atoms with Crippen LogP contribution in [0.4, 0.5) is 8.78 Å². The van der Waals surface area contributed by atoms with Gasteiger partial charge in [-0.3, -0.25) is 0 Å². The minimum atomic E-state index is -0.756. The summed E-state index contributed by atoms with van der Waals surface area (Å²) in [5.41, 5.74) is 5.69. The van der Waals surface area contributed by atoms with E-state index in [1.54, 1.807) is 0 Å². The van der Waals surface area contributed by atoms with Crippen LogP contribution in [-0.2, 0) is 0 Å². The van der Waals surface area contributed by atoms with E-state index in [9.17, 15) is 8.78 Å². The van der Waals surface area contributed by atoms with Gasteiger partial charge in [0.1, 0.15) is 4.99 Å². The Morgan fingerprint density at radius 1 is 1.29 bits per heavy atom. The maximum atomic E-state index is 14.0. The third-order valence-electron chi connectivity index (χ3n) is 3.91. The molecule has 1 aliphatic rings. The molecule has 0 radical (unpaired) electrons. The minimum absolute atomic E-state index is 0.0354. The molecular weight excluding hydrogens is 292 g/mol. The summed E-state index contributed by atoms with van der Waals surface area (Å²) >= 11 is 4.74. The van der Waals surface area contributed by atoms with Gasteiger partial charge in [-0.2, -0.15) is 0 Å². The zero-order valence-electron chi connectivity index (χ0n) is 12.6. The van der Waals surface area contributed by atoms with Crippen LogP contribution in [0.15, 0.2) is 12.1 Å². The van der Waals surface area contributed by atoms with E-state index in [2.05, 4.69) is 20.8 Å². The Morgan fingerprint density at radius 3 is 2.33 bits per heavy atom. The average molecular weight is 313 g/mol. The van der Waals surface area contributed by atoms with E-state index in [0.717, 1.165) is 31.4 Å². The number of ether oxygens (including phenoxy) is 1. The summed E-state index contributed by atoms with van der Waals surface area (Å²) in [6.07, 6.45) is 2.51. The van der Waals surface area contributed by atoms with E-state index >= 15 is 0 Å². The normalized spacial score (nSPS) is 24.6. The molecule has 1 aliphatic carbocycles. The number of hydrogen-bond acceptors (Lipinski definition) is 2. The second-order valence-electron chi connectivity index (χ2n) is 6.79. The van der Waals surface area contributed by atoms with E-state index in [0.29, 0.717) is 5.92 Å². The van der Waals surface area contributed by atoms with E-state index in [4.69, 9.17) is 22.7 Å². The molecule has 1 fully saturated rings. The summed E-state index contributed by atoms with van der Waals surface area (Å²) in [4.78, 5) is -0.0354. The van der Waals surface area contributed by atoms with Gasteiger partial charge in [0.2, 0.25) is 0 Å². The molecule has 0 bridgehead atoms. The molecular formula is C16H21F2NOS. The van der Waals surface area contributed by atoms with Crippen LogP contribution in [0.3, 0.4) is 0 Å². The van der Waals surface area contributed by atoms with Crippen LogP contribution < -0.4 is 10.5 Å². The maximum absolute atomic E-state index is 14.0. The molecule has 5 heteroatoms. The standard InChI is InChI=1S/C16H21F2NOS/c1-9-4-11(8-16(2,3)7-9)20-14-12(17)5-10(15(19)21)6-13(14)18/h5-6,9,11H,4,7-8H2,1-3H3,(H2,19,21). The van der Waals surface area contributed by atoms with Crippen molar-refractivity contribution in [2.75, 3.05) is 0 Å². The second-order valence-corrected chi connectivity index (χ2v) is 7.23. The zero-order chi connectivity index (χ0) is 15.8. The lowest BCUT2D eigenvalue weighted by atomic mass is 9.71. The molecule has 0 saturated heterocycles. The monoisotopic (exact) mass is 313 g/mol. The molecule has 1 aromatic carbocycles. The Labute approximate surface area is 129 Å². The molecule has 116 valence electrons. The number of halogens is 2. The summed E-state index contributed by atoms with van der Waals surface area (Å²) in [5, 5.41) is 0. The SMILES string of the molecule is CC1CC(Oc2c(F)cc(C(N)=S)cc2F)CC(C)(C)C1. The number of thiocarbonyl (C=S) groups is 1. The van der Waals surface area contributed by atoms with Gasteiger partial charge in [-0.25, -0.2) is 8.78 Å². The number of benzene rings is 1. The lowest BCUT2D eigenvalue weighted by molar-refractivity contribution is 0.0508. The fourth-order valence-corrected chi connectivity index (χ4v) is 3.45. The van der Waals surface area contributed by atoms with Crippen LogP contribution in [0.5, 0.6) is 5.75 Å². The first-order valence-electron chi connectivity index (χ1n) is 7.13. The Balaban J connectivity index is 2.22. The third kappa shape index (κ3) is 3.90. The minimum Gasteiger partial charge on any atom is -0.484 e. The van der Waals surface area contributed by atoms with Crippen LogP contribution in [0.2, 0.25) is 0 Å². The Kier molecular flexibility index (Phi) is 4.51. The van der Waals surface area contributed by atoms with Crippen molar-refractivity contribution in [1.82, 2.24) is 0 Å². The summed E-state index contributed by atoms with van der Waals surface area (Å²) in [6.45, 7) is 6.45. The molecule has 0 spiro atoms. The van der Waals surface area contributed by atoms with Crippen LogP contribution in [0.1, 0.15) is 45.6 Å². The van der Waals surface area contributed by atoms with Crippen molar-refractivity contribution in [3.63, 3.8) is 0 Å². The quantitative estimate of drug-likeness (QED) is 0.850. The van der Waals surface area contributed by atoms with Crippen molar-refractivity contribution in [3.8, 4) is 5.75 Å². The summed E-state index contributed by atoms with van der Waals surface area (Å²) in [7, 11) is 0. The summed E-state index contributed by atoms with van der Waals surface area (Å²) < 4.78 is 33.7.